The van der Waals surface area contributed by atoms with E-state index in [0.29, 0.717) is 0 Å². The van der Waals surface area contributed by atoms with Crippen molar-refractivity contribution in [2.75, 3.05) is 13.2 Å². The van der Waals surface area contributed by atoms with Crippen LogP contribution in [0.2, 0.25) is 0 Å². The van der Waals surface area contributed by atoms with E-state index in [1.807, 2.05) is 0 Å². The topological polar surface area (TPSA) is 89.6 Å². The van der Waals surface area contributed by atoms with Crippen LogP contribution in [0.4, 0.5) is 0 Å². The van der Waals surface area contributed by atoms with Crippen molar-refractivity contribution in [3.8, 4) is 0 Å². The molecule has 0 aromatic heterocycles. The fourth-order valence-corrected chi connectivity index (χ4v) is 0.460. The minimum atomic E-state index is -4.27. The van der Waals surface area contributed by atoms with Gasteiger partial charge in [-0.15, -0.1) is 0 Å². The largest absolute Gasteiger partial charge is 1.00 e. The van der Waals surface area contributed by atoms with Crippen LogP contribution in [-0.2, 0) is 14.6 Å². The zero-order valence-corrected chi connectivity index (χ0v) is 7.89. The molecule has 0 unspecified atom stereocenters. The van der Waals surface area contributed by atoms with Crippen molar-refractivity contribution in [3.05, 3.63) is 0 Å². The summed E-state index contributed by atoms with van der Waals surface area (Å²) in [5.41, 5.74) is 4.84. The Morgan fingerprint density at radius 1 is 1.56 bits per heavy atom. The standard InChI is InChI=1S/C2H7NO4S.Na/c3-1-2-7-8(4,5)6;/h1-3H2,(H,4,5,6);/q;+1. The molecule has 0 atom stereocenters. The normalized spacial score (nSPS) is 10.4. The first-order valence-corrected chi connectivity index (χ1v) is 3.24. The molecule has 0 aromatic carbocycles. The average Bonchev–Trinajstić information content (AvgIpc) is 1.59. The van der Waals surface area contributed by atoms with Crippen LogP contribution in [0.25, 0.3) is 0 Å². The molecule has 0 heterocycles. The van der Waals surface area contributed by atoms with Gasteiger partial charge in [-0.3, -0.25) is 4.55 Å². The summed E-state index contributed by atoms with van der Waals surface area (Å²) in [6.45, 7) is -0.112. The zero-order chi connectivity index (χ0) is 6.62. The molecule has 5 nitrogen and oxygen atoms in total. The summed E-state index contributed by atoms with van der Waals surface area (Å²) in [6.07, 6.45) is 0. The Morgan fingerprint density at radius 2 is 2.00 bits per heavy atom. The number of hydrogen-bond acceptors (Lipinski definition) is 4. The van der Waals surface area contributed by atoms with Gasteiger partial charge in [-0.05, 0) is 0 Å². The molecule has 0 fully saturated rings. The Hall–Kier alpha value is 0.830. The van der Waals surface area contributed by atoms with Crippen molar-refractivity contribution in [2.24, 2.45) is 5.73 Å². The molecule has 0 saturated carbocycles. The Balaban J connectivity index is 0. The summed E-state index contributed by atoms with van der Waals surface area (Å²) in [4.78, 5) is 0. The first-order valence-electron chi connectivity index (χ1n) is 1.88. The molecule has 7 heteroatoms. The predicted molar refractivity (Wildman–Crippen MR) is 26.6 cm³/mol. The molecule has 50 valence electrons. The molecule has 0 spiro atoms. The first kappa shape index (κ1) is 12.5. The zero-order valence-electron chi connectivity index (χ0n) is 5.07. The molecule has 0 rings (SSSR count). The quantitative estimate of drug-likeness (QED) is 0.326. The molecule has 9 heavy (non-hydrogen) atoms. The molecule has 0 aliphatic rings. The molecule has 0 bridgehead atoms. The molecular weight excluding hydrogens is 157 g/mol. The van der Waals surface area contributed by atoms with Crippen molar-refractivity contribution >= 4 is 10.4 Å². The molecular formula is C2H7NNaO4S+. The summed E-state index contributed by atoms with van der Waals surface area (Å²) in [5.74, 6) is 0. The van der Waals surface area contributed by atoms with Crippen molar-refractivity contribution in [2.45, 2.75) is 0 Å². The molecule has 0 amide bonds. The number of hydrogen-bond donors (Lipinski definition) is 2. The van der Waals surface area contributed by atoms with Crippen molar-refractivity contribution in [3.63, 3.8) is 0 Å². The Morgan fingerprint density at radius 3 is 2.11 bits per heavy atom. The van der Waals surface area contributed by atoms with E-state index >= 15 is 0 Å². The van der Waals surface area contributed by atoms with Gasteiger partial charge in [-0.2, -0.15) is 8.42 Å². The summed E-state index contributed by atoms with van der Waals surface area (Å²) >= 11 is 0. The smallest absolute Gasteiger partial charge is 0.328 e. The van der Waals surface area contributed by atoms with Crippen LogP contribution in [0.15, 0.2) is 0 Å². The SMILES string of the molecule is NCCOS(=O)(=O)O.[Na+]. The van der Waals surface area contributed by atoms with E-state index in [9.17, 15) is 8.42 Å². The summed E-state index contributed by atoms with van der Waals surface area (Å²) in [5, 5.41) is 0. The van der Waals surface area contributed by atoms with Crippen molar-refractivity contribution < 1.29 is 46.7 Å². The Labute approximate surface area is 75.8 Å². The van der Waals surface area contributed by atoms with Crippen LogP contribution < -0.4 is 35.3 Å². The molecule has 3 N–H and O–H groups in total. The molecule has 0 aromatic rings. The van der Waals surface area contributed by atoms with Gasteiger partial charge in [0.2, 0.25) is 0 Å². The van der Waals surface area contributed by atoms with E-state index in [1.165, 1.54) is 0 Å². The number of nitrogens with two attached hydrogens (primary N) is 1. The summed E-state index contributed by atoms with van der Waals surface area (Å²) < 4.78 is 31.0. The second kappa shape index (κ2) is 5.60. The molecule has 0 aliphatic carbocycles. The Bertz CT molecular complexity index is 143. The van der Waals surface area contributed by atoms with E-state index in [-0.39, 0.29) is 42.7 Å². The van der Waals surface area contributed by atoms with Crippen LogP contribution in [0.5, 0.6) is 0 Å². The van der Waals surface area contributed by atoms with Gasteiger partial charge in [0.15, 0.2) is 0 Å². The van der Waals surface area contributed by atoms with Gasteiger partial charge in [-0.1, -0.05) is 0 Å². The van der Waals surface area contributed by atoms with E-state index in [2.05, 4.69) is 4.18 Å². The van der Waals surface area contributed by atoms with Crippen molar-refractivity contribution in [1.82, 2.24) is 0 Å². The van der Waals surface area contributed by atoms with Crippen LogP contribution >= 0.6 is 0 Å². The second-order valence-corrected chi connectivity index (χ2v) is 2.13. The van der Waals surface area contributed by atoms with Gasteiger partial charge in [0.25, 0.3) is 0 Å². The third-order valence-corrected chi connectivity index (χ3v) is 0.815. The number of rotatable bonds is 3. The fraction of sp³-hybridized carbons (Fsp3) is 1.00. The molecule has 0 radical (unpaired) electrons. The third-order valence-electron chi connectivity index (χ3n) is 0.350. The average molecular weight is 164 g/mol. The van der Waals surface area contributed by atoms with E-state index in [1.54, 1.807) is 0 Å². The van der Waals surface area contributed by atoms with Crippen LogP contribution in [0.3, 0.4) is 0 Å². The van der Waals surface area contributed by atoms with Gasteiger partial charge in [0, 0.05) is 6.54 Å². The minimum absolute atomic E-state index is 0. The van der Waals surface area contributed by atoms with E-state index in [4.69, 9.17) is 10.3 Å². The summed E-state index contributed by atoms with van der Waals surface area (Å²) in [7, 11) is -4.27. The van der Waals surface area contributed by atoms with Crippen LogP contribution in [-0.4, -0.2) is 26.1 Å². The minimum Gasteiger partial charge on any atom is -0.328 e. The monoisotopic (exact) mass is 164 g/mol. The maximum Gasteiger partial charge on any atom is 1.00 e. The third kappa shape index (κ3) is 12.1. The van der Waals surface area contributed by atoms with Gasteiger partial charge in [0.1, 0.15) is 0 Å². The predicted octanol–water partition coefficient (Wildman–Crippen LogP) is -4.23. The van der Waals surface area contributed by atoms with Gasteiger partial charge in [0.05, 0.1) is 6.61 Å². The van der Waals surface area contributed by atoms with Gasteiger partial charge >= 0.3 is 40.0 Å². The van der Waals surface area contributed by atoms with E-state index in [0.717, 1.165) is 0 Å². The van der Waals surface area contributed by atoms with Gasteiger partial charge < -0.3 is 5.73 Å². The maximum absolute atomic E-state index is 9.67. The van der Waals surface area contributed by atoms with Gasteiger partial charge in [-0.25, -0.2) is 4.18 Å². The Kier molecular flexibility index (Phi) is 7.78. The van der Waals surface area contributed by atoms with E-state index < -0.39 is 10.4 Å². The second-order valence-electron chi connectivity index (χ2n) is 1.04. The first-order chi connectivity index (χ1) is 3.56. The molecule has 0 aliphatic heterocycles. The fourth-order valence-electron chi connectivity index (χ4n) is 0.153. The van der Waals surface area contributed by atoms with Crippen LogP contribution in [0.1, 0.15) is 0 Å². The maximum atomic E-state index is 9.67. The van der Waals surface area contributed by atoms with Crippen LogP contribution in [0, 0.1) is 0 Å². The summed E-state index contributed by atoms with van der Waals surface area (Å²) in [6, 6.07) is 0. The molecule has 0 saturated heterocycles. The van der Waals surface area contributed by atoms with Crippen molar-refractivity contribution in [1.29, 1.82) is 0 Å².